The van der Waals surface area contributed by atoms with Gasteiger partial charge in [0.05, 0.1) is 7.11 Å². The maximum absolute atomic E-state index is 12.3. The van der Waals surface area contributed by atoms with Gasteiger partial charge in [-0.25, -0.2) is 4.79 Å². The molecule has 0 fully saturated rings. The van der Waals surface area contributed by atoms with Crippen LogP contribution in [0.2, 0.25) is 0 Å². The number of carbonyl (C=O) groups excluding carboxylic acids is 1. The highest BCUT2D eigenvalue weighted by molar-refractivity contribution is 5.94. The minimum Gasteiger partial charge on any atom is -0.480 e. The Morgan fingerprint density at radius 2 is 2.08 bits per heavy atom. The van der Waals surface area contributed by atoms with E-state index in [1.165, 1.54) is 30.4 Å². The lowest BCUT2D eigenvalue weighted by Gasteiger charge is -2.28. The Hall–Kier alpha value is -2.96. The smallest absolute Gasteiger partial charge is 0.326 e. The number of hydrogen-bond acceptors (Lipinski definition) is 5. The number of carboxylic acids is 1. The summed E-state index contributed by atoms with van der Waals surface area (Å²) < 4.78 is 4.90. The van der Waals surface area contributed by atoms with Crippen LogP contribution in [0.5, 0.6) is 5.88 Å². The van der Waals surface area contributed by atoms with Gasteiger partial charge < -0.3 is 15.2 Å². The van der Waals surface area contributed by atoms with E-state index in [-0.39, 0.29) is 17.5 Å². The molecule has 0 bridgehead atoms. The van der Waals surface area contributed by atoms with Gasteiger partial charge in [0, 0.05) is 6.07 Å². The van der Waals surface area contributed by atoms with E-state index in [4.69, 9.17) is 4.74 Å². The largest absolute Gasteiger partial charge is 0.480 e. The molecule has 2 aromatic rings. The molecule has 0 aliphatic heterocycles. The minimum absolute atomic E-state index is 0.0566. The monoisotopic (exact) mass is 355 g/mol. The number of methoxy groups -OCH3 is 1. The molecule has 2 atom stereocenters. The van der Waals surface area contributed by atoms with Gasteiger partial charge >= 0.3 is 5.97 Å². The van der Waals surface area contributed by atoms with Crippen LogP contribution >= 0.6 is 0 Å². The van der Waals surface area contributed by atoms with Gasteiger partial charge in [0.25, 0.3) is 5.91 Å². The summed E-state index contributed by atoms with van der Waals surface area (Å²) >= 11 is 0. The van der Waals surface area contributed by atoms with Crippen molar-refractivity contribution in [3.8, 4) is 5.88 Å². The lowest BCUT2D eigenvalue weighted by atomic mass is 9.79. The Kier molecular flexibility index (Phi) is 5.46. The number of amides is 1. The molecule has 0 radical (unpaired) electrons. The van der Waals surface area contributed by atoms with Crippen LogP contribution in [-0.4, -0.2) is 40.3 Å². The third-order valence-electron chi connectivity index (χ3n) is 4.70. The van der Waals surface area contributed by atoms with Crippen LogP contribution in [0.1, 0.15) is 46.8 Å². The summed E-state index contributed by atoms with van der Waals surface area (Å²) in [7, 11) is 1.45. The number of nitrogens with one attached hydrogen (secondary N) is 1. The molecule has 1 aromatic carbocycles. The van der Waals surface area contributed by atoms with Gasteiger partial charge in [0.2, 0.25) is 5.88 Å². The summed E-state index contributed by atoms with van der Waals surface area (Å²) in [6, 6.07) is 10.1. The third kappa shape index (κ3) is 3.99. The Balaban J connectivity index is 1.72. The van der Waals surface area contributed by atoms with Gasteiger partial charge in [-0.05, 0) is 48.8 Å². The van der Waals surface area contributed by atoms with Gasteiger partial charge in [-0.3, -0.25) is 4.79 Å². The fraction of sp³-hybridized carbons (Fsp3) is 0.368. The molecule has 2 unspecified atom stereocenters. The Morgan fingerprint density at radius 1 is 1.27 bits per heavy atom. The zero-order valence-corrected chi connectivity index (χ0v) is 14.5. The van der Waals surface area contributed by atoms with Crippen molar-refractivity contribution in [1.82, 2.24) is 15.5 Å². The highest BCUT2D eigenvalue weighted by atomic mass is 16.5. The molecule has 0 saturated carbocycles. The summed E-state index contributed by atoms with van der Waals surface area (Å²) in [6.07, 6.45) is 3.30. The highest BCUT2D eigenvalue weighted by Crippen LogP contribution is 2.34. The van der Waals surface area contributed by atoms with E-state index < -0.39 is 17.9 Å². The van der Waals surface area contributed by atoms with Gasteiger partial charge in [-0.1, -0.05) is 24.3 Å². The van der Waals surface area contributed by atoms with Gasteiger partial charge in [0.1, 0.15) is 6.04 Å². The zero-order chi connectivity index (χ0) is 18.5. The maximum Gasteiger partial charge on any atom is 0.326 e. The third-order valence-corrected chi connectivity index (χ3v) is 4.70. The highest BCUT2D eigenvalue weighted by Gasteiger charge is 2.28. The molecule has 1 aromatic heterocycles. The van der Waals surface area contributed by atoms with Crippen LogP contribution < -0.4 is 10.1 Å². The standard InChI is InChI=1S/C19H21N3O4/c1-26-17-10-9-15(21-22-17)18(23)20-16(19(24)25)11-13-7-4-6-12-5-2-3-8-14(12)13/h2-3,5,8-10,13,16H,4,6-7,11H2,1H3,(H,20,23)(H,24,25). The number of carboxylic acid groups (broad SMARTS) is 1. The van der Waals surface area contributed by atoms with Crippen LogP contribution in [-0.2, 0) is 11.2 Å². The lowest BCUT2D eigenvalue weighted by Crippen LogP contribution is -2.42. The van der Waals surface area contributed by atoms with E-state index in [1.54, 1.807) is 0 Å². The van der Waals surface area contributed by atoms with Crippen LogP contribution in [0.3, 0.4) is 0 Å². The van der Waals surface area contributed by atoms with Crippen LogP contribution in [0.15, 0.2) is 36.4 Å². The molecule has 3 rings (SSSR count). The summed E-state index contributed by atoms with van der Waals surface area (Å²) in [4.78, 5) is 24.0. The van der Waals surface area contributed by atoms with E-state index in [0.717, 1.165) is 19.3 Å². The molecule has 136 valence electrons. The number of aliphatic carboxylic acids is 1. The molecule has 1 aliphatic rings. The average molecular weight is 355 g/mol. The second-order valence-electron chi connectivity index (χ2n) is 6.35. The van der Waals surface area contributed by atoms with Crippen molar-refractivity contribution < 1.29 is 19.4 Å². The molecular weight excluding hydrogens is 334 g/mol. The summed E-state index contributed by atoms with van der Waals surface area (Å²) in [5.74, 6) is -1.21. The molecular formula is C19H21N3O4. The van der Waals surface area contributed by atoms with E-state index in [9.17, 15) is 14.7 Å². The van der Waals surface area contributed by atoms with E-state index in [1.807, 2.05) is 12.1 Å². The van der Waals surface area contributed by atoms with Crippen LogP contribution in [0, 0.1) is 0 Å². The maximum atomic E-state index is 12.3. The average Bonchev–Trinajstić information content (AvgIpc) is 2.67. The molecule has 0 spiro atoms. The second-order valence-corrected chi connectivity index (χ2v) is 6.35. The molecule has 1 heterocycles. The van der Waals surface area contributed by atoms with Crippen LogP contribution in [0.4, 0.5) is 0 Å². The van der Waals surface area contributed by atoms with Gasteiger partial charge in [0.15, 0.2) is 5.69 Å². The van der Waals surface area contributed by atoms with Crippen molar-refractivity contribution in [1.29, 1.82) is 0 Å². The number of rotatable bonds is 6. The number of hydrogen-bond donors (Lipinski definition) is 2. The molecule has 2 N–H and O–H groups in total. The Morgan fingerprint density at radius 3 is 2.77 bits per heavy atom. The van der Waals surface area contributed by atoms with Crippen molar-refractivity contribution in [2.45, 2.75) is 37.6 Å². The van der Waals surface area contributed by atoms with Crippen molar-refractivity contribution in [2.24, 2.45) is 0 Å². The van der Waals surface area contributed by atoms with Crippen molar-refractivity contribution in [3.05, 3.63) is 53.2 Å². The fourth-order valence-electron chi connectivity index (χ4n) is 3.39. The van der Waals surface area contributed by atoms with Crippen molar-refractivity contribution in [2.75, 3.05) is 7.11 Å². The summed E-state index contributed by atoms with van der Waals surface area (Å²) in [6.45, 7) is 0. The fourth-order valence-corrected chi connectivity index (χ4v) is 3.39. The van der Waals surface area contributed by atoms with Crippen molar-refractivity contribution >= 4 is 11.9 Å². The number of aryl methyl sites for hydroxylation is 1. The molecule has 0 saturated heterocycles. The van der Waals surface area contributed by atoms with Crippen LogP contribution in [0.25, 0.3) is 0 Å². The van der Waals surface area contributed by atoms with Gasteiger partial charge in [-0.15, -0.1) is 10.2 Å². The van der Waals surface area contributed by atoms with Crippen molar-refractivity contribution in [3.63, 3.8) is 0 Å². The number of benzene rings is 1. The van der Waals surface area contributed by atoms with E-state index >= 15 is 0 Å². The molecule has 1 amide bonds. The predicted octanol–water partition coefficient (Wildman–Crippen LogP) is 2.18. The quantitative estimate of drug-likeness (QED) is 0.823. The van der Waals surface area contributed by atoms with E-state index in [0.29, 0.717) is 6.42 Å². The van der Waals surface area contributed by atoms with E-state index in [2.05, 4.69) is 27.6 Å². The predicted molar refractivity (Wildman–Crippen MR) is 94.2 cm³/mol. The number of aromatic nitrogens is 2. The molecule has 1 aliphatic carbocycles. The number of nitrogens with zero attached hydrogens (tertiary/aromatic N) is 2. The van der Waals surface area contributed by atoms with Gasteiger partial charge in [-0.2, -0.15) is 0 Å². The minimum atomic E-state index is -1.05. The topological polar surface area (TPSA) is 101 Å². The Bertz CT molecular complexity index is 792. The number of ether oxygens (including phenoxy) is 1. The first-order valence-corrected chi connectivity index (χ1v) is 8.57. The molecule has 7 nitrogen and oxygen atoms in total. The first kappa shape index (κ1) is 17.8. The SMILES string of the molecule is COc1ccc(C(=O)NC(CC2CCCc3ccccc32)C(=O)O)nn1. The Labute approximate surface area is 151 Å². The normalized spacial score (nSPS) is 17.0. The molecule has 7 heteroatoms. The zero-order valence-electron chi connectivity index (χ0n) is 14.5. The first-order chi connectivity index (χ1) is 12.6. The second kappa shape index (κ2) is 7.95. The molecule has 26 heavy (non-hydrogen) atoms. The summed E-state index contributed by atoms with van der Waals surface area (Å²) in [5.41, 5.74) is 2.50. The first-order valence-electron chi connectivity index (χ1n) is 8.57. The lowest BCUT2D eigenvalue weighted by molar-refractivity contribution is -0.139. The number of fused-ring (bicyclic) bond motifs is 1. The number of carbonyl (C=O) groups is 2. The summed E-state index contributed by atoms with van der Waals surface area (Å²) in [5, 5.41) is 19.6.